The molecule has 0 radical (unpaired) electrons. The lowest BCUT2D eigenvalue weighted by atomic mass is 10.1. The lowest BCUT2D eigenvalue weighted by molar-refractivity contribution is 0.308. The Kier molecular flexibility index (Phi) is 3.82. The third-order valence-corrected chi connectivity index (χ3v) is 2.58. The van der Waals surface area contributed by atoms with Gasteiger partial charge in [-0.15, -0.1) is 0 Å². The fraction of sp³-hybridized carbons (Fsp3) is 0.308. The number of benzene rings is 1. The van der Waals surface area contributed by atoms with E-state index >= 15 is 0 Å². The van der Waals surface area contributed by atoms with Crippen LogP contribution < -0.4 is 10.5 Å². The molecule has 0 bridgehead atoms. The van der Waals surface area contributed by atoms with Crippen molar-refractivity contribution in [2.75, 3.05) is 12.3 Å². The van der Waals surface area contributed by atoms with Crippen molar-refractivity contribution in [3.8, 4) is 17.0 Å². The maximum Gasteiger partial charge on any atom is 0.136 e. The number of halogens is 1. The number of ether oxygens (including phenoxy) is 1. The number of unbranched alkanes of at least 4 members (excludes halogenated alkanes) is 1. The molecule has 3 N–H and O–H groups in total. The van der Waals surface area contributed by atoms with Gasteiger partial charge in [-0.05, 0) is 18.6 Å². The quantitative estimate of drug-likeness (QED) is 0.801. The molecule has 0 spiro atoms. The zero-order valence-electron chi connectivity index (χ0n) is 10.2. The van der Waals surface area contributed by atoms with E-state index in [2.05, 4.69) is 17.1 Å². The predicted molar refractivity (Wildman–Crippen MR) is 68.8 cm³/mol. The maximum atomic E-state index is 13.9. The van der Waals surface area contributed by atoms with Gasteiger partial charge in [0.2, 0.25) is 0 Å². The van der Waals surface area contributed by atoms with Crippen LogP contribution in [-0.4, -0.2) is 16.8 Å². The lowest BCUT2D eigenvalue weighted by Crippen LogP contribution is -1.97. The van der Waals surface area contributed by atoms with Crippen molar-refractivity contribution >= 4 is 5.82 Å². The van der Waals surface area contributed by atoms with E-state index < -0.39 is 0 Å². The smallest absolute Gasteiger partial charge is 0.136 e. The molecule has 1 heterocycles. The van der Waals surface area contributed by atoms with E-state index in [1.54, 1.807) is 18.2 Å². The van der Waals surface area contributed by atoms with Gasteiger partial charge >= 0.3 is 0 Å². The van der Waals surface area contributed by atoms with Crippen molar-refractivity contribution in [3.05, 3.63) is 30.1 Å². The largest absolute Gasteiger partial charge is 0.493 e. The summed E-state index contributed by atoms with van der Waals surface area (Å²) >= 11 is 0. The Morgan fingerprint density at radius 2 is 2.22 bits per heavy atom. The van der Waals surface area contributed by atoms with E-state index in [1.807, 2.05) is 0 Å². The molecule has 18 heavy (non-hydrogen) atoms. The minimum atomic E-state index is -0.365. The molecule has 0 saturated heterocycles. The van der Waals surface area contributed by atoms with Crippen molar-refractivity contribution in [2.45, 2.75) is 19.8 Å². The Labute approximate surface area is 105 Å². The molecule has 1 aromatic heterocycles. The summed E-state index contributed by atoms with van der Waals surface area (Å²) in [4.78, 5) is 0. The van der Waals surface area contributed by atoms with Crippen molar-refractivity contribution in [3.63, 3.8) is 0 Å². The average Bonchev–Trinajstić information content (AvgIpc) is 2.76. The van der Waals surface area contributed by atoms with Crippen molar-refractivity contribution in [2.24, 2.45) is 0 Å². The van der Waals surface area contributed by atoms with Crippen molar-refractivity contribution < 1.29 is 9.13 Å². The summed E-state index contributed by atoms with van der Waals surface area (Å²) in [6, 6.07) is 6.34. The van der Waals surface area contributed by atoms with E-state index in [9.17, 15) is 4.39 Å². The number of nitrogen functional groups attached to an aromatic ring is 1. The number of anilines is 1. The van der Waals surface area contributed by atoms with Gasteiger partial charge in [0.15, 0.2) is 0 Å². The normalized spacial score (nSPS) is 10.6. The Hall–Kier alpha value is -2.04. The highest BCUT2D eigenvalue weighted by Gasteiger charge is 2.09. The summed E-state index contributed by atoms with van der Waals surface area (Å²) in [6.07, 6.45) is 2.01. The summed E-state index contributed by atoms with van der Waals surface area (Å²) in [5.41, 5.74) is 6.41. The van der Waals surface area contributed by atoms with Crippen molar-refractivity contribution in [1.82, 2.24) is 10.2 Å². The molecule has 0 amide bonds. The molecule has 96 valence electrons. The van der Waals surface area contributed by atoms with E-state index in [-0.39, 0.29) is 5.82 Å². The van der Waals surface area contributed by atoms with Gasteiger partial charge < -0.3 is 10.5 Å². The van der Waals surface area contributed by atoms with Crippen LogP contribution in [0.5, 0.6) is 5.75 Å². The first-order chi connectivity index (χ1) is 8.70. The topological polar surface area (TPSA) is 63.9 Å². The first-order valence-electron chi connectivity index (χ1n) is 5.94. The van der Waals surface area contributed by atoms with E-state index in [4.69, 9.17) is 10.5 Å². The van der Waals surface area contributed by atoms with E-state index in [1.165, 1.54) is 6.07 Å². The van der Waals surface area contributed by atoms with Crippen LogP contribution in [0.25, 0.3) is 11.3 Å². The molecular formula is C13H16FN3O. The zero-order chi connectivity index (χ0) is 13.0. The second-order valence-electron chi connectivity index (χ2n) is 4.05. The fourth-order valence-corrected chi connectivity index (χ4v) is 1.60. The SMILES string of the molecule is CCCCOc1ccc(-c2cc(N)[nH]n2)c(F)c1. The van der Waals surface area contributed by atoms with Gasteiger partial charge in [-0.1, -0.05) is 13.3 Å². The van der Waals surface area contributed by atoms with E-state index in [0.717, 1.165) is 12.8 Å². The number of nitrogens with two attached hydrogens (primary N) is 1. The third-order valence-electron chi connectivity index (χ3n) is 2.58. The van der Waals surface area contributed by atoms with Gasteiger partial charge in [0, 0.05) is 17.7 Å². The lowest BCUT2D eigenvalue weighted by Gasteiger charge is -2.06. The molecule has 2 rings (SSSR count). The van der Waals surface area contributed by atoms with Gasteiger partial charge in [-0.25, -0.2) is 4.39 Å². The van der Waals surface area contributed by atoms with Crippen LogP contribution in [0.1, 0.15) is 19.8 Å². The third kappa shape index (κ3) is 2.80. The molecule has 0 fully saturated rings. The monoisotopic (exact) mass is 249 g/mol. The van der Waals surface area contributed by atoms with Crippen molar-refractivity contribution in [1.29, 1.82) is 0 Å². The molecule has 5 heteroatoms. The van der Waals surface area contributed by atoms with Crippen LogP contribution in [0.15, 0.2) is 24.3 Å². The molecular weight excluding hydrogens is 233 g/mol. The Bertz CT molecular complexity index is 525. The predicted octanol–water partition coefficient (Wildman–Crippen LogP) is 2.98. The van der Waals surface area contributed by atoms with Crippen LogP contribution >= 0.6 is 0 Å². The molecule has 4 nitrogen and oxygen atoms in total. The number of aromatic amines is 1. The highest BCUT2D eigenvalue weighted by molar-refractivity contribution is 5.63. The molecule has 0 aliphatic rings. The Balaban J connectivity index is 2.15. The van der Waals surface area contributed by atoms with Crippen LogP contribution in [0.3, 0.4) is 0 Å². The summed E-state index contributed by atoms with van der Waals surface area (Å²) in [5.74, 6) is 0.580. The summed E-state index contributed by atoms with van der Waals surface area (Å²) < 4.78 is 19.3. The van der Waals surface area contributed by atoms with Gasteiger partial charge in [-0.2, -0.15) is 5.10 Å². The number of hydrogen-bond acceptors (Lipinski definition) is 3. The maximum absolute atomic E-state index is 13.9. The van der Waals surface area contributed by atoms with Gasteiger partial charge in [0.25, 0.3) is 0 Å². The second-order valence-corrected chi connectivity index (χ2v) is 4.05. The van der Waals surface area contributed by atoms with Gasteiger partial charge in [-0.3, -0.25) is 5.10 Å². The molecule has 0 atom stereocenters. The minimum absolute atomic E-state index is 0.365. The highest BCUT2D eigenvalue weighted by Crippen LogP contribution is 2.25. The standard InChI is InChI=1S/C13H16FN3O/c1-2-3-6-18-9-4-5-10(11(14)7-9)12-8-13(15)17-16-12/h4-5,7-8H,2-3,6H2,1H3,(H3,15,16,17). The minimum Gasteiger partial charge on any atom is -0.493 e. The van der Waals surface area contributed by atoms with E-state index in [0.29, 0.717) is 29.4 Å². The van der Waals surface area contributed by atoms with Crippen LogP contribution in [0.2, 0.25) is 0 Å². The number of rotatable bonds is 5. The van der Waals surface area contributed by atoms with Gasteiger partial charge in [0.05, 0.1) is 12.3 Å². The molecule has 0 saturated carbocycles. The van der Waals surface area contributed by atoms with Crippen LogP contribution in [-0.2, 0) is 0 Å². The Morgan fingerprint density at radius 3 is 2.83 bits per heavy atom. The highest BCUT2D eigenvalue weighted by atomic mass is 19.1. The summed E-state index contributed by atoms with van der Waals surface area (Å²) in [6.45, 7) is 2.68. The van der Waals surface area contributed by atoms with Crippen LogP contribution in [0, 0.1) is 5.82 Å². The molecule has 0 aliphatic carbocycles. The zero-order valence-corrected chi connectivity index (χ0v) is 10.2. The molecule has 0 unspecified atom stereocenters. The molecule has 0 aliphatic heterocycles. The molecule has 1 aromatic carbocycles. The molecule has 2 aromatic rings. The Morgan fingerprint density at radius 1 is 1.39 bits per heavy atom. The second kappa shape index (κ2) is 5.53. The number of nitrogens with one attached hydrogen (secondary N) is 1. The number of H-pyrrole nitrogens is 1. The van der Waals surface area contributed by atoms with Gasteiger partial charge in [0.1, 0.15) is 17.4 Å². The summed E-state index contributed by atoms with van der Waals surface area (Å²) in [7, 11) is 0. The summed E-state index contributed by atoms with van der Waals surface area (Å²) in [5, 5.41) is 6.50. The average molecular weight is 249 g/mol. The number of hydrogen-bond donors (Lipinski definition) is 2. The number of aromatic nitrogens is 2. The number of nitrogens with zero attached hydrogens (tertiary/aromatic N) is 1. The fourth-order valence-electron chi connectivity index (χ4n) is 1.60. The van der Waals surface area contributed by atoms with Crippen LogP contribution in [0.4, 0.5) is 10.2 Å². The first-order valence-corrected chi connectivity index (χ1v) is 5.94. The first kappa shape index (κ1) is 12.4.